The van der Waals surface area contributed by atoms with Crippen LogP contribution in [0.2, 0.25) is 4.34 Å². The first-order chi connectivity index (χ1) is 11.6. The Labute approximate surface area is 150 Å². The summed E-state index contributed by atoms with van der Waals surface area (Å²) >= 11 is 7.57. The molecule has 8 heteroatoms. The number of aromatic nitrogens is 1. The summed E-state index contributed by atoms with van der Waals surface area (Å²) in [5, 5.41) is 2.87. The third-order valence-corrected chi connectivity index (χ3v) is 5.08. The average molecular weight is 367 g/mol. The number of piperazine rings is 1. The van der Waals surface area contributed by atoms with Gasteiger partial charge < -0.3 is 15.0 Å². The van der Waals surface area contributed by atoms with Gasteiger partial charge in [0.25, 0.3) is 0 Å². The number of hydrogen-bond donors (Lipinski definition) is 1. The van der Waals surface area contributed by atoms with E-state index in [2.05, 4.69) is 21.3 Å². The molecule has 24 heavy (non-hydrogen) atoms. The highest BCUT2D eigenvalue weighted by Crippen LogP contribution is 2.23. The second-order valence-corrected chi connectivity index (χ2v) is 7.29. The van der Waals surface area contributed by atoms with Gasteiger partial charge in [-0.1, -0.05) is 11.6 Å². The molecule has 3 heterocycles. The highest BCUT2D eigenvalue weighted by molar-refractivity contribution is 7.16. The molecular formula is C16H19ClN4O2S. The molecule has 0 aliphatic carbocycles. The number of methoxy groups -OCH3 is 1. The zero-order valence-corrected chi connectivity index (χ0v) is 14.9. The number of carbonyl (C=O) groups excluding carboxylic acids is 1. The molecule has 0 saturated carbocycles. The van der Waals surface area contributed by atoms with E-state index in [0.717, 1.165) is 24.0 Å². The lowest BCUT2D eigenvalue weighted by Gasteiger charge is -2.34. The first kappa shape index (κ1) is 17.0. The molecule has 2 aromatic heterocycles. The minimum atomic E-state index is -0.0965. The van der Waals surface area contributed by atoms with Gasteiger partial charge in [-0.05, 0) is 18.2 Å². The average Bonchev–Trinajstić information content (AvgIpc) is 3.01. The standard InChI is InChI=1S/C16H19ClN4O2S/c1-23-15-5-2-12(10-18-15)19-16(22)21-8-6-20(7-9-21)11-13-3-4-14(17)24-13/h2-5,10H,6-9,11H2,1H3,(H,19,22). The molecule has 3 rings (SSSR count). The van der Waals surface area contributed by atoms with Gasteiger partial charge in [-0.15, -0.1) is 11.3 Å². The molecule has 1 fully saturated rings. The molecule has 0 atom stereocenters. The highest BCUT2D eigenvalue weighted by atomic mass is 35.5. The van der Waals surface area contributed by atoms with Crippen LogP contribution < -0.4 is 10.1 Å². The fourth-order valence-corrected chi connectivity index (χ4v) is 3.67. The number of thiophene rings is 1. The second kappa shape index (κ2) is 7.83. The summed E-state index contributed by atoms with van der Waals surface area (Å²) in [5.41, 5.74) is 0.663. The number of pyridine rings is 1. The molecule has 0 unspecified atom stereocenters. The highest BCUT2D eigenvalue weighted by Gasteiger charge is 2.21. The molecule has 6 nitrogen and oxygen atoms in total. The number of anilines is 1. The minimum absolute atomic E-state index is 0.0965. The molecule has 1 saturated heterocycles. The van der Waals surface area contributed by atoms with Crippen LogP contribution in [-0.4, -0.2) is 54.1 Å². The summed E-state index contributed by atoms with van der Waals surface area (Å²) < 4.78 is 5.82. The van der Waals surface area contributed by atoms with E-state index in [1.54, 1.807) is 36.8 Å². The van der Waals surface area contributed by atoms with Gasteiger partial charge in [-0.3, -0.25) is 4.90 Å². The summed E-state index contributed by atoms with van der Waals surface area (Å²) in [5.74, 6) is 0.523. The third-order valence-electron chi connectivity index (χ3n) is 3.86. The number of ether oxygens (including phenoxy) is 1. The van der Waals surface area contributed by atoms with Crippen LogP contribution in [0.1, 0.15) is 4.88 Å². The summed E-state index contributed by atoms with van der Waals surface area (Å²) in [7, 11) is 1.56. The number of hydrogen-bond acceptors (Lipinski definition) is 5. The van der Waals surface area contributed by atoms with Gasteiger partial charge in [0.15, 0.2) is 0 Å². The first-order valence-corrected chi connectivity index (χ1v) is 8.86. The van der Waals surface area contributed by atoms with Gasteiger partial charge in [0.05, 0.1) is 23.3 Å². The Morgan fingerprint density at radius 2 is 2.08 bits per heavy atom. The maximum atomic E-state index is 12.3. The van der Waals surface area contributed by atoms with Crippen molar-refractivity contribution in [2.24, 2.45) is 0 Å². The topological polar surface area (TPSA) is 57.7 Å². The van der Waals surface area contributed by atoms with Gasteiger partial charge in [0.1, 0.15) is 0 Å². The van der Waals surface area contributed by atoms with Crippen LogP contribution in [0.4, 0.5) is 10.5 Å². The molecule has 2 amide bonds. The van der Waals surface area contributed by atoms with Gasteiger partial charge in [-0.2, -0.15) is 0 Å². The monoisotopic (exact) mass is 366 g/mol. The fraction of sp³-hybridized carbons (Fsp3) is 0.375. The molecule has 1 aliphatic heterocycles. The van der Waals surface area contributed by atoms with E-state index in [-0.39, 0.29) is 6.03 Å². The minimum Gasteiger partial charge on any atom is -0.481 e. The van der Waals surface area contributed by atoms with Gasteiger partial charge in [0.2, 0.25) is 5.88 Å². The summed E-state index contributed by atoms with van der Waals surface area (Å²) in [6.07, 6.45) is 1.59. The molecule has 0 radical (unpaired) electrons. The maximum absolute atomic E-state index is 12.3. The molecule has 128 valence electrons. The van der Waals surface area contributed by atoms with Crippen molar-refractivity contribution in [1.29, 1.82) is 0 Å². The number of carbonyl (C=O) groups is 1. The zero-order valence-electron chi connectivity index (χ0n) is 13.4. The van der Waals surface area contributed by atoms with Crippen LogP contribution in [-0.2, 0) is 6.54 Å². The van der Waals surface area contributed by atoms with Crippen molar-refractivity contribution in [2.45, 2.75) is 6.54 Å². The normalized spacial score (nSPS) is 15.3. The molecule has 0 spiro atoms. The number of halogens is 1. The van der Waals surface area contributed by atoms with Crippen molar-refractivity contribution < 1.29 is 9.53 Å². The molecule has 0 aromatic carbocycles. The maximum Gasteiger partial charge on any atom is 0.321 e. The van der Waals surface area contributed by atoms with E-state index >= 15 is 0 Å². The van der Waals surface area contributed by atoms with Crippen molar-refractivity contribution in [3.05, 3.63) is 39.7 Å². The molecule has 2 aromatic rings. The van der Waals surface area contributed by atoms with Crippen LogP contribution >= 0.6 is 22.9 Å². The van der Waals surface area contributed by atoms with Crippen LogP contribution in [0.15, 0.2) is 30.5 Å². The van der Waals surface area contributed by atoms with E-state index in [0.29, 0.717) is 24.7 Å². The van der Waals surface area contributed by atoms with Gasteiger partial charge >= 0.3 is 6.03 Å². The zero-order chi connectivity index (χ0) is 16.9. The van der Waals surface area contributed by atoms with Crippen molar-refractivity contribution >= 4 is 34.7 Å². The second-order valence-electron chi connectivity index (χ2n) is 5.49. The Hall–Kier alpha value is -1.83. The predicted octanol–water partition coefficient (Wildman–Crippen LogP) is 3.15. The van der Waals surface area contributed by atoms with Crippen LogP contribution in [0, 0.1) is 0 Å². The Kier molecular flexibility index (Phi) is 5.55. The van der Waals surface area contributed by atoms with Crippen LogP contribution in [0.25, 0.3) is 0 Å². The van der Waals surface area contributed by atoms with Crippen molar-refractivity contribution in [3.8, 4) is 5.88 Å². The summed E-state index contributed by atoms with van der Waals surface area (Å²) in [6, 6.07) is 7.39. The van der Waals surface area contributed by atoms with E-state index < -0.39 is 0 Å². The molecule has 1 N–H and O–H groups in total. The Balaban J connectivity index is 1.47. The lowest BCUT2D eigenvalue weighted by molar-refractivity contribution is 0.143. The van der Waals surface area contributed by atoms with E-state index in [1.807, 2.05) is 11.0 Å². The first-order valence-electron chi connectivity index (χ1n) is 7.66. The number of nitrogens with one attached hydrogen (secondary N) is 1. The van der Waals surface area contributed by atoms with E-state index in [9.17, 15) is 4.79 Å². The number of urea groups is 1. The Morgan fingerprint density at radius 1 is 1.29 bits per heavy atom. The molecule has 0 bridgehead atoms. The van der Waals surface area contributed by atoms with Crippen LogP contribution in [0.3, 0.4) is 0 Å². The fourth-order valence-electron chi connectivity index (χ4n) is 2.54. The summed E-state index contributed by atoms with van der Waals surface area (Å²) in [6.45, 7) is 3.99. The largest absolute Gasteiger partial charge is 0.481 e. The van der Waals surface area contributed by atoms with Crippen molar-refractivity contribution in [3.63, 3.8) is 0 Å². The van der Waals surface area contributed by atoms with Crippen molar-refractivity contribution in [2.75, 3.05) is 38.6 Å². The SMILES string of the molecule is COc1ccc(NC(=O)N2CCN(Cc3ccc(Cl)s3)CC2)cn1. The van der Waals surface area contributed by atoms with Crippen molar-refractivity contribution in [1.82, 2.24) is 14.8 Å². The quantitative estimate of drug-likeness (QED) is 0.903. The van der Waals surface area contributed by atoms with E-state index in [4.69, 9.17) is 16.3 Å². The Bertz CT molecular complexity index is 684. The third kappa shape index (κ3) is 4.37. The Morgan fingerprint density at radius 3 is 2.67 bits per heavy atom. The molecule has 1 aliphatic rings. The number of nitrogens with zero attached hydrogens (tertiary/aromatic N) is 3. The van der Waals surface area contributed by atoms with Gasteiger partial charge in [0, 0.05) is 43.7 Å². The number of amides is 2. The predicted molar refractivity (Wildman–Crippen MR) is 96.0 cm³/mol. The smallest absolute Gasteiger partial charge is 0.321 e. The van der Waals surface area contributed by atoms with Gasteiger partial charge in [-0.25, -0.2) is 9.78 Å². The van der Waals surface area contributed by atoms with Crippen LogP contribution in [0.5, 0.6) is 5.88 Å². The van der Waals surface area contributed by atoms with E-state index in [1.165, 1.54) is 4.88 Å². The summed E-state index contributed by atoms with van der Waals surface area (Å²) in [4.78, 5) is 21.8. The lowest BCUT2D eigenvalue weighted by Crippen LogP contribution is -2.49. The number of rotatable bonds is 4. The molecular weight excluding hydrogens is 348 g/mol. The lowest BCUT2D eigenvalue weighted by atomic mass is 10.3.